The summed E-state index contributed by atoms with van der Waals surface area (Å²) in [6, 6.07) is 13.6. The van der Waals surface area contributed by atoms with Gasteiger partial charge in [-0.1, -0.05) is 24.3 Å². The molecule has 2 aromatic carbocycles. The largest absolute Gasteiger partial charge is 0.496 e. The predicted octanol–water partition coefficient (Wildman–Crippen LogP) is 2.74. The van der Waals surface area contributed by atoms with Gasteiger partial charge in [-0.2, -0.15) is 0 Å². The third-order valence-corrected chi connectivity index (χ3v) is 3.73. The number of hydrogen-bond acceptors (Lipinski definition) is 3. The molecule has 3 aromatic rings. The number of amides is 1. The Kier molecular flexibility index (Phi) is 4.28. The van der Waals surface area contributed by atoms with Crippen LogP contribution in [0, 0.1) is 6.92 Å². The molecule has 0 aliphatic carbocycles. The molecule has 118 valence electrons. The zero-order valence-corrected chi connectivity index (χ0v) is 13.2. The Morgan fingerprint density at radius 2 is 2.09 bits per heavy atom. The Bertz CT molecular complexity index is 806. The summed E-state index contributed by atoms with van der Waals surface area (Å²) in [7, 11) is 1.63. The van der Waals surface area contributed by atoms with Crippen LogP contribution in [0.25, 0.3) is 11.0 Å². The minimum Gasteiger partial charge on any atom is -0.496 e. The number of ether oxygens (including phenoxy) is 1. The molecule has 0 saturated carbocycles. The highest BCUT2D eigenvalue weighted by molar-refractivity contribution is 5.79. The van der Waals surface area contributed by atoms with E-state index in [1.54, 1.807) is 7.11 Å². The van der Waals surface area contributed by atoms with Gasteiger partial charge in [0.15, 0.2) is 0 Å². The number of nitrogens with zero attached hydrogens (tertiary/aromatic N) is 1. The lowest BCUT2D eigenvalue weighted by molar-refractivity contribution is -0.120. The van der Waals surface area contributed by atoms with E-state index in [4.69, 9.17) is 4.74 Å². The van der Waals surface area contributed by atoms with Gasteiger partial charge in [0.05, 0.1) is 31.1 Å². The maximum absolute atomic E-state index is 12.1. The number of methoxy groups -OCH3 is 1. The lowest BCUT2D eigenvalue weighted by Gasteiger charge is -2.08. The Hall–Kier alpha value is -2.82. The molecule has 0 unspecified atom stereocenters. The normalized spacial score (nSPS) is 10.7. The van der Waals surface area contributed by atoms with Crippen molar-refractivity contribution >= 4 is 16.9 Å². The minimum absolute atomic E-state index is 0.0450. The zero-order valence-electron chi connectivity index (χ0n) is 13.2. The summed E-state index contributed by atoms with van der Waals surface area (Å²) in [4.78, 5) is 19.7. The molecule has 5 heteroatoms. The number of H-pyrrole nitrogens is 1. The molecule has 1 heterocycles. The van der Waals surface area contributed by atoms with Gasteiger partial charge >= 0.3 is 0 Å². The molecule has 23 heavy (non-hydrogen) atoms. The highest BCUT2D eigenvalue weighted by Crippen LogP contribution is 2.19. The molecule has 0 saturated heterocycles. The Morgan fingerprint density at radius 1 is 1.26 bits per heavy atom. The molecule has 0 aliphatic rings. The number of aromatic amines is 1. The fraction of sp³-hybridized carbons (Fsp3) is 0.222. The molecule has 1 aromatic heterocycles. The second-order valence-corrected chi connectivity index (χ2v) is 5.46. The van der Waals surface area contributed by atoms with Crippen molar-refractivity contribution in [2.45, 2.75) is 19.9 Å². The van der Waals surface area contributed by atoms with E-state index >= 15 is 0 Å². The molecule has 3 rings (SSSR count). The van der Waals surface area contributed by atoms with Crippen molar-refractivity contribution in [3.63, 3.8) is 0 Å². The Labute approximate surface area is 134 Å². The fourth-order valence-electron chi connectivity index (χ4n) is 2.49. The molecular weight excluding hydrogens is 290 g/mol. The van der Waals surface area contributed by atoms with E-state index in [9.17, 15) is 4.79 Å². The molecule has 2 N–H and O–H groups in total. The summed E-state index contributed by atoms with van der Waals surface area (Å²) in [5.41, 5.74) is 3.86. The monoisotopic (exact) mass is 309 g/mol. The number of aryl methyl sites for hydroxylation is 1. The summed E-state index contributed by atoms with van der Waals surface area (Å²) in [6.45, 7) is 2.36. The van der Waals surface area contributed by atoms with Crippen molar-refractivity contribution < 1.29 is 9.53 Å². The molecule has 0 radical (unpaired) electrons. The summed E-state index contributed by atoms with van der Waals surface area (Å²) in [5, 5.41) is 2.89. The van der Waals surface area contributed by atoms with Crippen LogP contribution >= 0.6 is 0 Å². The number of fused-ring (bicyclic) bond motifs is 1. The van der Waals surface area contributed by atoms with E-state index in [1.165, 1.54) is 0 Å². The van der Waals surface area contributed by atoms with E-state index in [1.807, 2.05) is 49.4 Å². The van der Waals surface area contributed by atoms with E-state index < -0.39 is 0 Å². The van der Waals surface area contributed by atoms with Gasteiger partial charge in [0.2, 0.25) is 5.91 Å². The van der Waals surface area contributed by atoms with Gasteiger partial charge in [0.25, 0.3) is 0 Å². The number of benzene rings is 2. The van der Waals surface area contributed by atoms with Crippen LogP contribution < -0.4 is 10.1 Å². The number of para-hydroxylation sites is 2. The quantitative estimate of drug-likeness (QED) is 0.761. The molecule has 0 spiro atoms. The SMILES string of the molecule is COc1cc(CC(=O)NCc2nc3ccccc3[nH]2)ccc1C. The topological polar surface area (TPSA) is 67.0 Å². The van der Waals surface area contributed by atoms with Crippen LogP contribution in [0.3, 0.4) is 0 Å². The lowest BCUT2D eigenvalue weighted by atomic mass is 10.1. The molecule has 0 atom stereocenters. The van der Waals surface area contributed by atoms with E-state index in [-0.39, 0.29) is 5.91 Å². The first-order valence-corrected chi connectivity index (χ1v) is 7.49. The van der Waals surface area contributed by atoms with Gasteiger partial charge in [0.1, 0.15) is 11.6 Å². The first-order chi connectivity index (χ1) is 11.2. The molecule has 5 nitrogen and oxygen atoms in total. The predicted molar refractivity (Wildman–Crippen MR) is 89.4 cm³/mol. The van der Waals surface area contributed by atoms with E-state index in [0.717, 1.165) is 33.7 Å². The van der Waals surface area contributed by atoms with E-state index in [0.29, 0.717) is 13.0 Å². The Morgan fingerprint density at radius 3 is 2.87 bits per heavy atom. The van der Waals surface area contributed by atoms with E-state index in [2.05, 4.69) is 15.3 Å². The standard InChI is InChI=1S/C18H19N3O2/c1-12-7-8-13(9-16(12)23-2)10-18(22)19-11-17-20-14-5-3-4-6-15(14)21-17/h3-9H,10-11H2,1-2H3,(H,19,22)(H,20,21). The van der Waals surface area contributed by atoms with Crippen molar-refractivity contribution in [2.24, 2.45) is 0 Å². The molecule has 0 aliphatic heterocycles. The van der Waals surface area contributed by atoms with Crippen LogP contribution in [-0.4, -0.2) is 23.0 Å². The molecule has 0 fully saturated rings. The van der Waals surface area contributed by atoms with Crippen molar-refractivity contribution in [1.29, 1.82) is 0 Å². The number of hydrogen-bond donors (Lipinski definition) is 2. The Balaban J connectivity index is 1.61. The third-order valence-electron chi connectivity index (χ3n) is 3.73. The average molecular weight is 309 g/mol. The highest BCUT2D eigenvalue weighted by atomic mass is 16.5. The summed E-state index contributed by atoms with van der Waals surface area (Å²) >= 11 is 0. The van der Waals surface area contributed by atoms with Crippen molar-refractivity contribution in [2.75, 3.05) is 7.11 Å². The smallest absolute Gasteiger partial charge is 0.224 e. The second-order valence-electron chi connectivity index (χ2n) is 5.46. The van der Waals surface area contributed by atoms with Crippen LogP contribution in [0.15, 0.2) is 42.5 Å². The molecular formula is C18H19N3O2. The number of imidazole rings is 1. The van der Waals surface area contributed by atoms with Gasteiger partial charge in [-0.05, 0) is 36.2 Å². The van der Waals surface area contributed by atoms with Gasteiger partial charge in [-0.3, -0.25) is 4.79 Å². The van der Waals surface area contributed by atoms with Gasteiger partial charge in [-0.25, -0.2) is 4.98 Å². The average Bonchev–Trinajstić information content (AvgIpc) is 2.97. The number of nitrogens with one attached hydrogen (secondary N) is 2. The van der Waals surface area contributed by atoms with Crippen LogP contribution in [0.5, 0.6) is 5.75 Å². The first kappa shape index (κ1) is 15.1. The first-order valence-electron chi connectivity index (χ1n) is 7.49. The number of carbonyl (C=O) groups excluding carboxylic acids is 1. The van der Waals surface area contributed by atoms with Gasteiger partial charge in [-0.15, -0.1) is 0 Å². The lowest BCUT2D eigenvalue weighted by Crippen LogP contribution is -2.25. The summed E-state index contributed by atoms with van der Waals surface area (Å²) in [5.74, 6) is 1.50. The number of aromatic nitrogens is 2. The maximum atomic E-state index is 12.1. The third kappa shape index (κ3) is 3.51. The van der Waals surface area contributed by atoms with Crippen LogP contribution in [0.4, 0.5) is 0 Å². The van der Waals surface area contributed by atoms with Gasteiger partial charge in [0, 0.05) is 0 Å². The van der Waals surface area contributed by atoms with Crippen molar-refractivity contribution in [1.82, 2.24) is 15.3 Å². The number of carbonyl (C=O) groups is 1. The van der Waals surface area contributed by atoms with Crippen molar-refractivity contribution in [3.05, 3.63) is 59.4 Å². The van der Waals surface area contributed by atoms with Gasteiger partial charge < -0.3 is 15.0 Å². The second kappa shape index (κ2) is 6.52. The van der Waals surface area contributed by atoms with Crippen molar-refractivity contribution in [3.8, 4) is 5.75 Å². The van der Waals surface area contributed by atoms with Crippen LogP contribution in [-0.2, 0) is 17.8 Å². The zero-order chi connectivity index (χ0) is 16.2. The van der Waals surface area contributed by atoms with Crippen LogP contribution in [0.2, 0.25) is 0 Å². The highest BCUT2D eigenvalue weighted by Gasteiger charge is 2.08. The molecule has 1 amide bonds. The fourth-order valence-corrected chi connectivity index (χ4v) is 2.49. The minimum atomic E-state index is -0.0450. The summed E-state index contributed by atoms with van der Waals surface area (Å²) in [6.07, 6.45) is 0.316. The number of rotatable bonds is 5. The van der Waals surface area contributed by atoms with Crippen LogP contribution in [0.1, 0.15) is 17.0 Å². The molecule has 0 bridgehead atoms. The maximum Gasteiger partial charge on any atom is 0.224 e. The summed E-state index contributed by atoms with van der Waals surface area (Å²) < 4.78 is 5.28.